The summed E-state index contributed by atoms with van der Waals surface area (Å²) in [5.74, 6) is -0.523. The van der Waals surface area contributed by atoms with Crippen LogP contribution in [0.1, 0.15) is 59.4 Å². The number of nitrogens with one attached hydrogen (secondary N) is 1. The van der Waals surface area contributed by atoms with Gasteiger partial charge in [0.05, 0.1) is 11.7 Å². The van der Waals surface area contributed by atoms with Gasteiger partial charge in [0.1, 0.15) is 6.04 Å². The molecule has 178 valence electrons. The highest BCUT2D eigenvalue weighted by Crippen LogP contribution is 2.46. The largest absolute Gasteiger partial charge is 0.393 e. The Morgan fingerprint density at radius 3 is 2.31 bits per heavy atom. The molecule has 3 N–H and O–H groups in total. The topological polar surface area (TPSA) is 89.9 Å². The third-order valence-corrected chi connectivity index (χ3v) is 7.78. The molecule has 0 radical (unpaired) electrons. The third kappa shape index (κ3) is 4.82. The first kappa shape index (κ1) is 25.0. The average Bonchev–Trinajstić information content (AvgIpc) is 3.06. The molecule has 1 heterocycles. The summed E-state index contributed by atoms with van der Waals surface area (Å²) < 4.78 is 0. The number of likely N-dealkylation sites (tertiary alicyclic amines) is 1. The van der Waals surface area contributed by atoms with E-state index in [0.717, 1.165) is 5.56 Å². The van der Waals surface area contributed by atoms with E-state index in [-0.39, 0.29) is 29.6 Å². The number of amides is 2. The van der Waals surface area contributed by atoms with Crippen LogP contribution >= 0.6 is 11.6 Å². The molecule has 2 amide bonds. The zero-order valence-corrected chi connectivity index (χ0v) is 20.5. The minimum atomic E-state index is -1.08. The van der Waals surface area contributed by atoms with Crippen molar-refractivity contribution in [3.63, 3.8) is 0 Å². The van der Waals surface area contributed by atoms with Crippen LogP contribution in [0.2, 0.25) is 5.02 Å². The molecule has 32 heavy (non-hydrogen) atoms. The van der Waals surface area contributed by atoms with Gasteiger partial charge in [0.25, 0.3) is 0 Å². The Morgan fingerprint density at radius 1 is 1.19 bits per heavy atom. The van der Waals surface area contributed by atoms with Crippen LogP contribution in [0.15, 0.2) is 24.3 Å². The Morgan fingerprint density at radius 2 is 1.81 bits per heavy atom. The van der Waals surface area contributed by atoms with Crippen molar-refractivity contribution in [1.29, 1.82) is 0 Å². The van der Waals surface area contributed by atoms with Crippen molar-refractivity contribution in [3.8, 4) is 0 Å². The van der Waals surface area contributed by atoms with Crippen molar-refractivity contribution in [2.24, 2.45) is 23.2 Å². The smallest absolute Gasteiger partial charge is 0.245 e. The summed E-state index contributed by atoms with van der Waals surface area (Å²) in [7, 11) is 0. The fourth-order valence-corrected chi connectivity index (χ4v) is 5.32. The highest BCUT2D eigenvalue weighted by Gasteiger charge is 2.50. The lowest BCUT2D eigenvalue weighted by atomic mass is 9.66. The van der Waals surface area contributed by atoms with E-state index in [1.165, 1.54) is 0 Å². The van der Waals surface area contributed by atoms with E-state index in [1.54, 1.807) is 17.0 Å². The van der Waals surface area contributed by atoms with Crippen molar-refractivity contribution in [3.05, 3.63) is 34.9 Å². The van der Waals surface area contributed by atoms with Crippen molar-refractivity contribution < 1.29 is 19.8 Å². The van der Waals surface area contributed by atoms with Gasteiger partial charge in [-0.3, -0.25) is 9.59 Å². The van der Waals surface area contributed by atoms with E-state index in [1.807, 2.05) is 46.8 Å². The van der Waals surface area contributed by atoms with Crippen molar-refractivity contribution in [2.75, 3.05) is 13.1 Å². The molecular weight excluding hydrogens is 428 g/mol. The maximum Gasteiger partial charge on any atom is 0.245 e. The molecule has 0 aromatic heterocycles. The number of carbonyl (C=O) groups is 2. The van der Waals surface area contributed by atoms with Gasteiger partial charge < -0.3 is 20.4 Å². The first-order valence-electron chi connectivity index (χ1n) is 11.6. The van der Waals surface area contributed by atoms with Gasteiger partial charge in [0, 0.05) is 29.4 Å². The summed E-state index contributed by atoms with van der Waals surface area (Å²) in [4.78, 5) is 28.1. The average molecular weight is 465 g/mol. The molecule has 1 saturated carbocycles. The number of carbonyl (C=O) groups excluding carboxylic acids is 2. The number of halogens is 1. The second kappa shape index (κ2) is 9.32. The molecule has 3 rings (SSSR count). The van der Waals surface area contributed by atoms with Crippen LogP contribution in [0.4, 0.5) is 0 Å². The zero-order chi connectivity index (χ0) is 23.8. The number of piperidine rings is 1. The summed E-state index contributed by atoms with van der Waals surface area (Å²) in [6.07, 6.45) is 1.01. The quantitative estimate of drug-likeness (QED) is 0.623. The number of hydrogen-bond acceptors (Lipinski definition) is 4. The zero-order valence-electron chi connectivity index (χ0n) is 19.8. The van der Waals surface area contributed by atoms with Crippen LogP contribution in [-0.2, 0) is 15.2 Å². The van der Waals surface area contributed by atoms with E-state index >= 15 is 0 Å². The van der Waals surface area contributed by atoms with Gasteiger partial charge in [0.15, 0.2) is 0 Å². The molecule has 1 aromatic carbocycles. The molecule has 0 bridgehead atoms. The lowest BCUT2D eigenvalue weighted by Gasteiger charge is -2.51. The lowest BCUT2D eigenvalue weighted by Crippen LogP contribution is -2.60. The fourth-order valence-electron chi connectivity index (χ4n) is 5.19. The molecule has 2 aliphatic rings. The van der Waals surface area contributed by atoms with Gasteiger partial charge in [-0.1, -0.05) is 58.4 Å². The molecule has 5 atom stereocenters. The van der Waals surface area contributed by atoms with Crippen LogP contribution in [0, 0.1) is 23.2 Å². The van der Waals surface area contributed by atoms with Gasteiger partial charge in [-0.2, -0.15) is 0 Å². The summed E-state index contributed by atoms with van der Waals surface area (Å²) in [5.41, 5.74) is -0.881. The minimum absolute atomic E-state index is 0.0737. The van der Waals surface area contributed by atoms with Gasteiger partial charge in [-0.15, -0.1) is 0 Å². The second-order valence-electron chi connectivity index (χ2n) is 10.7. The Kier molecular flexibility index (Phi) is 7.28. The van der Waals surface area contributed by atoms with Crippen LogP contribution in [0.25, 0.3) is 0 Å². The monoisotopic (exact) mass is 464 g/mol. The number of benzene rings is 1. The normalized spacial score (nSPS) is 30.9. The maximum absolute atomic E-state index is 13.5. The van der Waals surface area contributed by atoms with Crippen molar-refractivity contribution in [2.45, 2.75) is 71.6 Å². The predicted octanol–water partition coefficient (Wildman–Crippen LogP) is 3.33. The fraction of sp³-hybridized carbons (Fsp3) is 0.680. The second-order valence-corrected chi connectivity index (χ2v) is 11.1. The molecule has 0 unspecified atom stereocenters. The van der Waals surface area contributed by atoms with E-state index in [9.17, 15) is 19.8 Å². The van der Waals surface area contributed by atoms with E-state index in [0.29, 0.717) is 37.4 Å². The Hall–Kier alpha value is -1.63. The number of aliphatic hydroxyl groups excluding tert-OH is 1. The number of nitrogens with zero attached hydrogens (tertiary/aromatic N) is 1. The summed E-state index contributed by atoms with van der Waals surface area (Å²) >= 11 is 6.02. The standard InChI is InChI=1S/C25H37ClN2O4/c1-15(2)21(27-22(30)17-12-16(3)20(29)13-17)23(31)28-11-10-25(32,24(4,5)14-28)18-6-8-19(26)9-7-18/h6-9,15-17,20-21,29,32H,10-14H2,1-5H3,(H,27,30)/t16-,17+,20-,21+,25-/m0/s1. The minimum Gasteiger partial charge on any atom is -0.393 e. The predicted molar refractivity (Wildman–Crippen MR) is 125 cm³/mol. The van der Waals surface area contributed by atoms with Gasteiger partial charge in [-0.25, -0.2) is 0 Å². The molecule has 7 heteroatoms. The molecule has 1 aliphatic carbocycles. The summed E-state index contributed by atoms with van der Waals surface area (Å²) in [6, 6.07) is 6.60. The van der Waals surface area contributed by atoms with Crippen LogP contribution < -0.4 is 5.32 Å². The SMILES string of the molecule is CC(C)[C@@H](NC(=O)[C@@H]1C[C@H](C)[C@@H](O)C1)C(=O)N1CC[C@](O)(c2ccc(Cl)cc2)C(C)(C)C1. The van der Waals surface area contributed by atoms with Crippen molar-refractivity contribution in [1.82, 2.24) is 10.2 Å². The maximum atomic E-state index is 13.5. The first-order valence-corrected chi connectivity index (χ1v) is 12.0. The number of aliphatic hydroxyl groups is 2. The number of rotatable bonds is 5. The third-order valence-electron chi connectivity index (χ3n) is 7.52. The van der Waals surface area contributed by atoms with E-state index in [2.05, 4.69) is 5.32 Å². The molecule has 1 saturated heterocycles. The van der Waals surface area contributed by atoms with Gasteiger partial charge in [-0.05, 0) is 48.8 Å². The first-order chi connectivity index (χ1) is 14.9. The molecule has 2 fully saturated rings. The van der Waals surface area contributed by atoms with E-state index in [4.69, 9.17) is 11.6 Å². The molecule has 1 aromatic rings. The highest BCUT2D eigenvalue weighted by atomic mass is 35.5. The van der Waals surface area contributed by atoms with Crippen LogP contribution in [-0.4, -0.2) is 52.2 Å². The highest BCUT2D eigenvalue weighted by molar-refractivity contribution is 6.30. The Bertz CT molecular complexity index is 831. The Balaban J connectivity index is 1.72. The summed E-state index contributed by atoms with van der Waals surface area (Å²) in [6.45, 7) is 10.5. The van der Waals surface area contributed by atoms with Gasteiger partial charge >= 0.3 is 0 Å². The molecule has 6 nitrogen and oxygen atoms in total. The van der Waals surface area contributed by atoms with Crippen LogP contribution in [0.5, 0.6) is 0 Å². The summed E-state index contributed by atoms with van der Waals surface area (Å²) in [5, 5.41) is 25.2. The lowest BCUT2D eigenvalue weighted by molar-refractivity contribution is -0.157. The van der Waals surface area contributed by atoms with E-state index < -0.39 is 23.2 Å². The number of hydrogen-bond donors (Lipinski definition) is 3. The Labute approximate surface area is 196 Å². The van der Waals surface area contributed by atoms with Gasteiger partial charge in [0.2, 0.25) is 11.8 Å². The molecule has 1 aliphatic heterocycles. The van der Waals surface area contributed by atoms with Crippen molar-refractivity contribution >= 4 is 23.4 Å². The molecule has 0 spiro atoms. The van der Waals surface area contributed by atoms with Crippen LogP contribution in [0.3, 0.4) is 0 Å². The molecular formula is C25H37ClN2O4.